The number of rotatable bonds is 10. The number of hydrogen-bond acceptors (Lipinski definition) is 7. The lowest BCUT2D eigenvalue weighted by atomic mass is 9.85. The van der Waals surface area contributed by atoms with Crippen molar-refractivity contribution in [2.24, 2.45) is 0 Å². The first-order chi connectivity index (χ1) is 18.1. The number of carbonyl (C=O) groups is 1. The molecule has 4 rings (SSSR count). The number of methoxy groups -OCH3 is 1. The van der Waals surface area contributed by atoms with Crippen molar-refractivity contribution in [2.75, 3.05) is 13.7 Å². The Kier molecular flexibility index (Phi) is 8.40. The molecule has 2 heterocycles. The summed E-state index contributed by atoms with van der Waals surface area (Å²) in [7, 11) is 1.52. The lowest BCUT2D eigenvalue weighted by Gasteiger charge is -2.29. The third-order valence-corrected chi connectivity index (χ3v) is 6.24. The normalized spacial score (nSPS) is 17.7. The topological polar surface area (TPSA) is 105 Å². The molecule has 1 saturated carbocycles. The first-order valence-corrected chi connectivity index (χ1v) is 12.0. The molecular formula is C26H28F3N3O6. The van der Waals surface area contributed by atoms with Crippen LogP contribution in [-0.2, 0) is 16.1 Å². The Morgan fingerprint density at radius 1 is 1.11 bits per heavy atom. The van der Waals surface area contributed by atoms with E-state index in [0.717, 1.165) is 11.3 Å². The quantitative estimate of drug-likeness (QED) is 0.378. The molecular weight excluding hydrogens is 507 g/mol. The van der Waals surface area contributed by atoms with Crippen LogP contribution in [0.4, 0.5) is 13.2 Å². The number of alkyl halides is 3. The number of aliphatic carboxylic acids is 1. The smallest absolute Gasteiger partial charge is 0.487 e. The maximum Gasteiger partial charge on any atom is 0.522 e. The number of nitrogens with zero attached hydrogens (tertiary/aromatic N) is 3. The van der Waals surface area contributed by atoms with Crippen molar-refractivity contribution in [3.8, 4) is 23.1 Å². The summed E-state index contributed by atoms with van der Waals surface area (Å²) in [5, 5.41) is 13.5. The molecule has 204 valence electrons. The molecule has 2 aromatic heterocycles. The van der Waals surface area contributed by atoms with Gasteiger partial charge in [0.15, 0.2) is 6.61 Å². The Morgan fingerprint density at radius 3 is 2.47 bits per heavy atom. The number of pyridine rings is 1. The van der Waals surface area contributed by atoms with Crippen LogP contribution in [0.15, 0.2) is 42.6 Å². The van der Waals surface area contributed by atoms with Crippen LogP contribution in [0.5, 0.6) is 17.4 Å². The van der Waals surface area contributed by atoms with Crippen LogP contribution < -0.4 is 14.2 Å². The molecule has 1 N–H and O–H groups in total. The summed E-state index contributed by atoms with van der Waals surface area (Å²) in [5.41, 5.74) is 2.90. The largest absolute Gasteiger partial charge is 0.522 e. The maximum atomic E-state index is 12.7. The lowest BCUT2D eigenvalue weighted by molar-refractivity contribution is -0.345. The van der Waals surface area contributed by atoms with Gasteiger partial charge in [0.25, 0.3) is 0 Å². The molecule has 0 bridgehead atoms. The number of hydrogen-bond donors (Lipinski definition) is 1. The van der Waals surface area contributed by atoms with E-state index in [-0.39, 0.29) is 25.4 Å². The van der Waals surface area contributed by atoms with Crippen LogP contribution in [0, 0.1) is 6.92 Å². The zero-order valence-corrected chi connectivity index (χ0v) is 20.9. The summed E-state index contributed by atoms with van der Waals surface area (Å²) in [4.78, 5) is 15.0. The van der Waals surface area contributed by atoms with Crippen molar-refractivity contribution in [3.05, 3.63) is 59.5 Å². The maximum absolute atomic E-state index is 12.7. The number of ether oxygens (including phenoxy) is 4. The van der Waals surface area contributed by atoms with E-state index in [9.17, 15) is 18.0 Å². The van der Waals surface area contributed by atoms with Crippen LogP contribution in [-0.4, -0.2) is 52.0 Å². The first kappa shape index (κ1) is 27.2. The van der Waals surface area contributed by atoms with Crippen LogP contribution in [0.1, 0.15) is 48.6 Å². The Labute approximate surface area is 217 Å². The van der Waals surface area contributed by atoms with E-state index in [4.69, 9.17) is 24.4 Å². The van der Waals surface area contributed by atoms with Gasteiger partial charge in [0, 0.05) is 17.7 Å². The fraction of sp³-hybridized carbons (Fsp3) is 0.423. The lowest BCUT2D eigenvalue weighted by Crippen LogP contribution is -2.28. The monoisotopic (exact) mass is 535 g/mol. The van der Waals surface area contributed by atoms with Crippen molar-refractivity contribution in [1.29, 1.82) is 0 Å². The van der Waals surface area contributed by atoms with Crippen LogP contribution in [0.25, 0.3) is 5.69 Å². The molecule has 38 heavy (non-hydrogen) atoms. The predicted molar refractivity (Wildman–Crippen MR) is 129 cm³/mol. The van der Waals surface area contributed by atoms with E-state index in [1.165, 1.54) is 7.11 Å². The number of halogens is 3. The minimum atomic E-state index is -4.64. The van der Waals surface area contributed by atoms with E-state index in [0.29, 0.717) is 41.6 Å². The standard InChI is InChI=1S/C26H28F3N3O6/c1-16-11-21(8-9-23(16)37-15-25(33)34)36-14-18-12-22(17-3-6-20(7-4-17)38-26(27,28)29)32(31-18)19-5-10-24(35-2)30-13-19/h5,8-13,17,20H,3-4,6-7,14-15H2,1-2H3,(H,33,34). The van der Waals surface area contributed by atoms with Gasteiger partial charge in [-0.2, -0.15) is 5.10 Å². The third kappa shape index (κ3) is 7.15. The molecule has 1 aromatic carbocycles. The molecule has 9 nitrogen and oxygen atoms in total. The summed E-state index contributed by atoms with van der Waals surface area (Å²) >= 11 is 0. The Balaban J connectivity index is 1.50. The summed E-state index contributed by atoms with van der Waals surface area (Å²) in [6, 6.07) is 10.5. The van der Waals surface area contributed by atoms with E-state index in [1.54, 1.807) is 42.1 Å². The van der Waals surface area contributed by atoms with Crippen molar-refractivity contribution in [2.45, 2.75) is 57.6 Å². The molecule has 0 saturated heterocycles. The third-order valence-electron chi connectivity index (χ3n) is 6.24. The highest BCUT2D eigenvalue weighted by molar-refractivity contribution is 5.68. The van der Waals surface area contributed by atoms with Crippen molar-refractivity contribution in [3.63, 3.8) is 0 Å². The van der Waals surface area contributed by atoms with Gasteiger partial charge in [-0.1, -0.05) is 0 Å². The SMILES string of the molecule is COc1ccc(-n2nc(COc3ccc(OCC(=O)O)c(C)c3)cc2C2CCC(OC(F)(F)F)CC2)cn1. The summed E-state index contributed by atoms with van der Waals surface area (Å²) in [5.74, 6) is 0.367. The van der Waals surface area contributed by atoms with Gasteiger partial charge in [-0.3, -0.25) is 4.74 Å². The molecule has 1 fully saturated rings. The predicted octanol–water partition coefficient (Wildman–Crippen LogP) is 5.19. The zero-order valence-electron chi connectivity index (χ0n) is 20.9. The van der Waals surface area contributed by atoms with Gasteiger partial charge in [0.2, 0.25) is 5.88 Å². The molecule has 0 spiro atoms. The van der Waals surface area contributed by atoms with Gasteiger partial charge >= 0.3 is 12.3 Å². The highest BCUT2D eigenvalue weighted by Crippen LogP contribution is 2.37. The first-order valence-electron chi connectivity index (χ1n) is 12.0. The van der Waals surface area contributed by atoms with Gasteiger partial charge in [0.1, 0.15) is 23.8 Å². The Hall–Kier alpha value is -3.80. The average Bonchev–Trinajstić information content (AvgIpc) is 3.30. The summed E-state index contributed by atoms with van der Waals surface area (Å²) < 4.78 is 60.3. The minimum absolute atomic E-state index is 0.0145. The van der Waals surface area contributed by atoms with E-state index in [1.807, 2.05) is 12.1 Å². The molecule has 1 aliphatic rings. The fourth-order valence-corrected chi connectivity index (χ4v) is 4.47. The van der Waals surface area contributed by atoms with Gasteiger partial charge in [0.05, 0.1) is 25.1 Å². The van der Waals surface area contributed by atoms with E-state index < -0.39 is 25.0 Å². The second-order valence-electron chi connectivity index (χ2n) is 8.97. The molecule has 0 amide bonds. The molecule has 0 aliphatic heterocycles. The Morgan fingerprint density at radius 2 is 1.87 bits per heavy atom. The summed E-state index contributed by atoms with van der Waals surface area (Å²) in [6.07, 6.45) is -2.25. The van der Waals surface area contributed by atoms with Crippen LogP contribution in [0.3, 0.4) is 0 Å². The zero-order chi connectivity index (χ0) is 27.3. The molecule has 0 radical (unpaired) electrons. The fourth-order valence-electron chi connectivity index (χ4n) is 4.47. The molecule has 0 atom stereocenters. The van der Waals surface area contributed by atoms with Crippen molar-refractivity contribution < 1.29 is 42.0 Å². The highest BCUT2D eigenvalue weighted by Gasteiger charge is 2.36. The minimum Gasteiger partial charge on any atom is -0.487 e. The number of carboxylic acids is 1. The highest BCUT2D eigenvalue weighted by atomic mass is 19.4. The molecule has 0 unspecified atom stereocenters. The van der Waals surface area contributed by atoms with Crippen molar-refractivity contribution >= 4 is 5.97 Å². The second kappa shape index (κ2) is 11.7. The van der Waals surface area contributed by atoms with E-state index in [2.05, 4.69) is 9.72 Å². The number of aryl methyl sites for hydroxylation is 1. The number of aromatic nitrogens is 3. The number of carboxylic acid groups (broad SMARTS) is 1. The van der Waals surface area contributed by atoms with Crippen LogP contribution in [0.2, 0.25) is 0 Å². The van der Waals surface area contributed by atoms with Gasteiger partial charge in [-0.25, -0.2) is 14.5 Å². The van der Waals surface area contributed by atoms with Gasteiger partial charge < -0.3 is 19.3 Å². The summed E-state index contributed by atoms with van der Waals surface area (Å²) in [6.45, 7) is 1.49. The van der Waals surface area contributed by atoms with E-state index >= 15 is 0 Å². The molecule has 12 heteroatoms. The van der Waals surface area contributed by atoms with Gasteiger partial charge in [-0.05, 0) is 68.5 Å². The second-order valence-corrected chi connectivity index (χ2v) is 8.97. The molecule has 3 aromatic rings. The molecule has 1 aliphatic carbocycles. The Bertz CT molecular complexity index is 1240. The average molecular weight is 536 g/mol. The number of benzene rings is 1. The van der Waals surface area contributed by atoms with Crippen molar-refractivity contribution in [1.82, 2.24) is 14.8 Å². The van der Waals surface area contributed by atoms with Gasteiger partial charge in [-0.15, -0.1) is 13.2 Å². The van der Waals surface area contributed by atoms with Crippen LogP contribution >= 0.6 is 0 Å².